The van der Waals surface area contributed by atoms with Crippen LogP contribution in [0.1, 0.15) is 28.9 Å². The lowest BCUT2D eigenvalue weighted by atomic mass is 10.0. The van der Waals surface area contributed by atoms with Crippen molar-refractivity contribution < 1.29 is 30.8 Å². The number of oxazole rings is 1. The predicted molar refractivity (Wildman–Crippen MR) is 128 cm³/mol. The molecule has 1 aliphatic carbocycles. The maximum atomic E-state index is 13.3. The standard InChI is InChI=1S/C24H20F3N5O5S/c25-24(26,27)14-3-1-2-12(6-14)19-10-20(31-30-19)22(33)28-18-8-15-7-13(18)11-32(15)38(35,36)16-4-5-17-21(9-16)37-23(34)29-17/h1-6,9-10,13,15,18H,7-8,11H2,(H,28,33)(H,29,34)(H,30,31)/t13-,15-,18+/m0/s1. The highest BCUT2D eigenvalue weighted by Crippen LogP contribution is 2.41. The summed E-state index contributed by atoms with van der Waals surface area (Å²) in [5.41, 5.74) is 0.230. The van der Waals surface area contributed by atoms with Gasteiger partial charge in [-0.3, -0.25) is 14.9 Å². The lowest BCUT2D eigenvalue weighted by Gasteiger charge is -2.31. The summed E-state index contributed by atoms with van der Waals surface area (Å²) >= 11 is 0. The van der Waals surface area contributed by atoms with Crippen LogP contribution in [0, 0.1) is 5.92 Å². The van der Waals surface area contributed by atoms with Crippen molar-refractivity contribution in [3.63, 3.8) is 0 Å². The molecular weight excluding hydrogens is 527 g/mol. The number of H-pyrrole nitrogens is 2. The Morgan fingerprint density at radius 2 is 1.95 bits per heavy atom. The number of aromatic nitrogens is 3. The number of halogens is 3. The van der Waals surface area contributed by atoms with Crippen LogP contribution < -0.4 is 11.1 Å². The van der Waals surface area contributed by atoms with E-state index in [0.29, 0.717) is 18.4 Å². The molecule has 2 aliphatic rings. The molecule has 2 aromatic carbocycles. The van der Waals surface area contributed by atoms with Gasteiger partial charge < -0.3 is 9.73 Å². The fraction of sp³-hybridized carbons (Fsp3) is 0.292. The summed E-state index contributed by atoms with van der Waals surface area (Å²) in [7, 11) is -3.85. The van der Waals surface area contributed by atoms with Crippen molar-refractivity contribution in [1.82, 2.24) is 24.8 Å². The average molecular weight is 548 g/mol. The topological polar surface area (TPSA) is 141 Å². The van der Waals surface area contributed by atoms with E-state index in [1.807, 2.05) is 0 Å². The minimum atomic E-state index is -4.50. The molecule has 1 saturated heterocycles. The summed E-state index contributed by atoms with van der Waals surface area (Å²) in [4.78, 5) is 26.7. The van der Waals surface area contributed by atoms with Gasteiger partial charge in [-0.25, -0.2) is 13.2 Å². The monoisotopic (exact) mass is 547 g/mol. The Hall–Kier alpha value is -3.91. The third kappa shape index (κ3) is 4.19. The molecule has 2 fully saturated rings. The molecule has 3 atom stereocenters. The molecule has 1 amide bonds. The molecule has 0 spiro atoms. The maximum absolute atomic E-state index is 13.3. The van der Waals surface area contributed by atoms with Crippen LogP contribution in [0.15, 0.2) is 62.6 Å². The first-order valence-electron chi connectivity index (χ1n) is 11.7. The number of carbonyl (C=O) groups excluding carboxylic acids is 1. The smallest absolute Gasteiger partial charge is 0.408 e. The Morgan fingerprint density at radius 1 is 1.13 bits per heavy atom. The van der Waals surface area contributed by atoms with Gasteiger partial charge in [-0.15, -0.1) is 0 Å². The van der Waals surface area contributed by atoms with E-state index in [0.717, 1.165) is 12.1 Å². The lowest BCUT2D eigenvalue weighted by Crippen LogP contribution is -2.47. The number of amides is 1. The van der Waals surface area contributed by atoms with Crippen molar-refractivity contribution in [3.05, 3.63) is 70.3 Å². The molecule has 6 rings (SSSR count). The van der Waals surface area contributed by atoms with Crippen LogP contribution in [0.2, 0.25) is 0 Å². The molecular formula is C24H20F3N5O5S. The molecule has 0 radical (unpaired) electrons. The second-order valence-electron chi connectivity index (χ2n) is 9.46. The highest BCUT2D eigenvalue weighted by molar-refractivity contribution is 7.89. The first-order valence-corrected chi connectivity index (χ1v) is 13.1. The number of alkyl halides is 3. The van der Waals surface area contributed by atoms with Crippen LogP contribution in [0.25, 0.3) is 22.4 Å². The van der Waals surface area contributed by atoms with Crippen molar-refractivity contribution >= 4 is 27.0 Å². The zero-order valence-electron chi connectivity index (χ0n) is 19.4. The summed E-state index contributed by atoms with van der Waals surface area (Å²) in [6, 6.07) is 9.65. The van der Waals surface area contributed by atoms with Gasteiger partial charge in [0.1, 0.15) is 5.69 Å². The van der Waals surface area contributed by atoms with E-state index in [2.05, 4.69) is 20.5 Å². The number of carbonyl (C=O) groups is 1. The summed E-state index contributed by atoms with van der Waals surface area (Å²) < 4.78 is 72.0. The van der Waals surface area contributed by atoms with Crippen LogP contribution in [0.3, 0.4) is 0 Å². The number of rotatable bonds is 5. The van der Waals surface area contributed by atoms with Gasteiger partial charge in [-0.1, -0.05) is 12.1 Å². The molecule has 2 bridgehead atoms. The highest BCUT2D eigenvalue weighted by atomic mass is 32.2. The Bertz CT molecular complexity index is 1720. The molecule has 198 valence electrons. The molecule has 4 aromatic rings. The van der Waals surface area contributed by atoms with Crippen LogP contribution >= 0.6 is 0 Å². The second-order valence-corrected chi connectivity index (χ2v) is 11.3. The molecule has 0 unspecified atom stereocenters. The molecule has 1 aliphatic heterocycles. The highest BCUT2D eigenvalue weighted by Gasteiger charge is 2.50. The molecule has 3 heterocycles. The summed E-state index contributed by atoms with van der Waals surface area (Å²) in [5, 5.41) is 9.45. The van der Waals surface area contributed by atoms with Gasteiger partial charge in [0.05, 0.1) is 21.7 Å². The van der Waals surface area contributed by atoms with Gasteiger partial charge in [-0.05, 0) is 49.1 Å². The van der Waals surface area contributed by atoms with Crippen molar-refractivity contribution in [3.8, 4) is 11.3 Å². The molecule has 1 saturated carbocycles. The van der Waals surface area contributed by atoms with E-state index in [1.165, 1.54) is 40.7 Å². The van der Waals surface area contributed by atoms with E-state index >= 15 is 0 Å². The normalized spacial score (nSPS) is 21.8. The van der Waals surface area contributed by atoms with Gasteiger partial charge in [0.25, 0.3) is 5.91 Å². The van der Waals surface area contributed by atoms with E-state index in [1.54, 1.807) is 0 Å². The van der Waals surface area contributed by atoms with Crippen LogP contribution in [0.5, 0.6) is 0 Å². The van der Waals surface area contributed by atoms with Gasteiger partial charge in [0.15, 0.2) is 5.58 Å². The summed E-state index contributed by atoms with van der Waals surface area (Å²) in [6.07, 6.45) is -3.52. The van der Waals surface area contributed by atoms with Crippen molar-refractivity contribution in [1.29, 1.82) is 0 Å². The number of nitrogens with one attached hydrogen (secondary N) is 3. The maximum Gasteiger partial charge on any atom is 0.417 e. The van der Waals surface area contributed by atoms with Crippen molar-refractivity contribution in [2.45, 2.75) is 36.0 Å². The zero-order valence-corrected chi connectivity index (χ0v) is 20.3. The molecule has 2 aromatic heterocycles. The Labute approximate surface area is 212 Å². The summed E-state index contributed by atoms with van der Waals surface area (Å²) in [6.45, 7) is 0.214. The van der Waals surface area contributed by atoms with Crippen LogP contribution in [-0.2, 0) is 16.2 Å². The largest absolute Gasteiger partial charge is 0.417 e. The first-order chi connectivity index (χ1) is 18.0. The van der Waals surface area contributed by atoms with Crippen molar-refractivity contribution in [2.24, 2.45) is 5.92 Å². The quantitative estimate of drug-likeness (QED) is 0.351. The Morgan fingerprint density at radius 3 is 2.68 bits per heavy atom. The number of fused-ring (bicyclic) bond motifs is 3. The molecule has 10 nitrogen and oxygen atoms in total. The number of hydrogen-bond donors (Lipinski definition) is 3. The molecule has 14 heteroatoms. The minimum Gasteiger partial charge on any atom is -0.408 e. The zero-order chi connectivity index (χ0) is 26.8. The lowest BCUT2D eigenvalue weighted by molar-refractivity contribution is -0.137. The fourth-order valence-corrected chi connectivity index (χ4v) is 7.01. The SMILES string of the molecule is O=C(N[C@@H]1C[C@@H]2C[C@H]1CN2S(=O)(=O)c1ccc2[nH]c(=O)oc2c1)c1cc(-c2cccc(C(F)(F)F)c2)n[nH]1. The second kappa shape index (κ2) is 8.56. The Kier molecular flexibility index (Phi) is 5.50. The van der Waals surface area contributed by atoms with E-state index in [-0.39, 0.29) is 52.0 Å². The van der Waals surface area contributed by atoms with Crippen molar-refractivity contribution in [2.75, 3.05) is 6.54 Å². The van der Waals surface area contributed by atoms with Gasteiger partial charge in [0, 0.05) is 30.3 Å². The number of hydrogen-bond acceptors (Lipinski definition) is 6. The number of nitrogens with zero attached hydrogens (tertiary/aromatic N) is 2. The van der Waals surface area contributed by atoms with Gasteiger partial charge in [0.2, 0.25) is 10.0 Å². The average Bonchev–Trinajstić information content (AvgIpc) is 3.65. The predicted octanol–water partition coefficient (Wildman–Crippen LogP) is 3.11. The third-order valence-electron chi connectivity index (χ3n) is 7.12. The Balaban J connectivity index is 1.13. The number of benzene rings is 2. The molecule has 3 N–H and O–H groups in total. The first kappa shape index (κ1) is 24.4. The minimum absolute atomic E-state index is 0.0143. The van der Waals surface area contributed by atoms with Gasteiger partial charge >= 0.3 is 11.9 Å². The van der Waals surface area contributed by atoms with Crippen LogP contribution in [-0.4, -0.2) is 52.4 Å². The summed E-state index contributed by atoms with van der Waals surface area (Å²) in [5.74, 6) is -1.26. The molecule has 38 heavy (non-hydrogen) atoms. The fourth-order valence-electron chi connectivity index (χ4n) is 5.29. The van der Waals surface area contributed by atoms with E-state index in [4.69, 9.17) is 4.42 Å². The number of sulfonamides is 1. The van der Waals surface area contributed by atoms with E-state index < -0.39 is 33.4 Å². The number of piperidine rings is 1. The van der Waals surface area contributed by atoms with E-state index in [9.17, 15) is 31.2 Å². The third-order valence-corrected chi connectivity index (χ3v) is 9.03. The van der Waals surface area contributed by atoms with Crippen LogP contribution in [0.4, 0.5) is 13.2 Å². The number of aromatic amines is 2. The van der Waals surface area contributed by atoms with Gasteiger partial charge in [-0.2, -0.15) is 22.6 Å².